The van der Waals surface area contributed by atoms with E-state index in [0.29, 0.717) is 24.7 Å². The van der Waals surface area contributed by atoms with Gasteiger partial charge in [0.1, 0.15) is 67.7 Å². The van der Waals surface area contributed by atoms with Gasteiger partial charge in [-0.1, -0.05) is 72.8 Å². The molecule has 4 aliphatic rings. The summed E-state index contributed by atoms with van der Waals surface area (Å²) in [6.07, 6.45) is 7.31. The maximum Gasteiger partial charge on any atom is 0.122 e. The largest absolute Gasteiger partial charge is 0.491 e. The minimum absolute atomic E-state index is 0.0920. The van der Waals surface area contributed by atoms with Crippen LogP contribution in [-0.2, 0) is 33.1 Å². The van der Waals surface area contributed by atoms with Gasteiger partial charge < -0.3 is 43.5 Å². The molecule has 0 amide bonds. The minimum Gasteiger partial charge on any atom is -0.491 e. The van der Waals surface area contributed by atoms with Gasteiger partial charge in [0.05, 0.1) is 13.2 Å². The summed E-state index contributed by atoms with van der Waals surface area (Å²) >= 11 is 0. The zero-order valence-electron chi connectivity index (χ0n) is 37.9. The fraction of sp³-hybridized carbons (Fsp3) is 0.254. The van der Waals surface area contributed by atoms with Gasteiger partial charge in [-0.2, -0.15) is 0 Å². The zero-order chi connectivity index (χ0) is 45.5. The highest BCUT2D eigenvalue weighted by atomic mass is 16.6. The fourth-order valence-corrected chi connectivity index (χ4v) is 10.7. The van der Waals surface area contributed by atoms with E-state index in [1.165, 1.54) is 44.5 Å². The van der Waals surface area contributed by atoms with Crippen LogP contribution in [0.3, 0.4) is 0 Å². The average Bonchev–Trinajstić information content (AvgIpc) is 4.12. The van der Waals surface area contributed by atoms with Crippen molar-refractivity contribution in [2.75, 3.05) is 39.6 Å². The number of fused-ring (bicyclic) bond motifs is 2. The van der Waals surface area contributed by atoms with Crippen molar-refractivity contribution in [3.8, 4) is 45.5 Å². The number of benzene rings is 6. The molecule has 4 atom stereocenters. The van der Waals surface area contributed by atoms with Crippen molar-refractivity contribution >= 4 is 0 Å². The van der Waals surface area contributed by atoms with Crippen LogP contribution in [0.5, 0.6) is 23.0 Å². The van der Waals surface area contributed by atoms with E-state index >= 15 is 0 Å². The van der Waals surface area contributed by atoms with Gasteiger partial charge in [0.2, 0.25) is 0 Å². The van der Waals surface area contributed by atoms with Crippen LogP contribution in [0.2, 0.25) is 0 Å². The Morgan fingerprint density at radius 2 is 0.853 bits per heavy atom. The van der Waals surface area contributed by atoms with Gasteiger partial charge in [-0.05, 0) is 166 Å². The van der Waals surface area contributed by atoms with E-state index in [2.05, 4.69) is 131 Å². The lowest BCUT2D eigenvalue weighted by atomic mass is 9.70. The van der Waals surface area contributed by atoms with Crippen LogP contribution in [0, 0.1) is 0 Å². The molecule has 2 saturated heterocycles. The topological polar surface area (TPSA) is 114 Å². The zero-order valence-corrected chi connectivity index (χ0v) is 37.9. The van der Waals surface area contributed by atoms with Crippen molar-refractivity contribution in [1.29, 1.82) is 0 Å². The predicted octanol–water partition coefficient (Wildman–Crippen LogP) is 10.6. The quantitative estimate of drug-likeness (QED) is 0.0735. The van der Waals surface area contributed by atoms with Crippen LogP contribution in [0.4, 0.5) is 0 Å². The molecule has 9 nitrogen and oxygen atoms in total. The van der Waals surface area contributed by atoms with Gasteiger partial charge in [-0.25, -0.2) is 0 Å². The molecule has 2 aliphatic carbocycles. The van der Waals surface area contributed by atoms with Crippen LogP contribution in [-0.4, -0.2) is 73.0 Å². The van der Waals surface area contributed by atoms with Gasteiger partial charge >= 0.3 is 0 Å². The SMILES string of the molecule is OC(COc1ccc(C2(c3ccc(OCC4CO4)cc3)CCc3ccc(-c4ccc[nH]4)cc32)cc1)COc1ccc(C2(c3ccc(OCC4CO4)cc3)CCc3ccc(-c4ccc[nH]4)cc32)cc1. The van der Waals surface area contributed by atoms with E-state index in [1.54, 1.807) is 0 Å². The summed E-state index contributed by atoms with van der Waals surface area (Å²) in [4.78, 5) is 6.78. The number of hydrogen-bond donors (Lipinski definition) is 3. The van der Waals surface area contributed by atoms with Crippen molar-refractivity contribution in [2.24, 2.45) is 0 Å². The maximum atomic E-state index is 11.1. The minimum atomic E-state index is -0.840. The van der Waals surface area contributed by atoms with E-state index in [4.69, 9.17) is 28.4 Å². The molecule has 12 rings (SSSR count). The number of aliphatic hydroxyl groups is 1. The number of aryl methyl sites for hydroxylation is 2. The molecule has 0 radical (unpaired) electrons. The monoisotopic (exact) mass is 902 g/mol. The Labute approximate surface area is 396 Å². The first-order valence-corrected chi connectivity index (χ1v) is 23.9. The molecule has 0 spiro atoms. The smallest absolute Gasteiger partial charge is 0.122 e. The standard InChI is InChI=1S/C59H54N2O7/c62-47(33-63-48-17-9-43(10-18-48)58(45-13-21-50(22-14-45)65-35-52-37-67-52)27-25-39-5-7-41(31-54(39)58)56-3-1-29-60-56)34-64-49-19-11-44(12-20-49)59(46-15-23-51(24-16-46)66-36-53-38-68-53)28-26-40-6-8-42(32-55(40)59)57-4-2-30-61-57/h1-24,29-32,47,52-53,60-62H,25-28,33-38H2. The number of rotatable bonds is 18. The first-order chi connectivity index (χ1) is 33.5. The Bertz CT molecular complexity index is 2770. The predicted molar refractivity (Wildman–Crippen MR) is 262 cm³/mol. The fourth-order valence-electron chi connectivity index (χ4n) is 10.7. The molecule has 6 aromatic carbocycles. The summed E-state index contributed by atoms with van der Waals surface area (Å²) in [5.74, 6) is 3.07. The van der Waals surface area contributed by atoms with Crippen molar-refractivity contribution in [3.05, 3.63) is 215 Å². The molecule has 2 fully saturated rings. The van der Waals surface area contributed by atoms with Crippen LogP contribution in [0.25, 0.3) is 22.5 Å². The summed E-state index contributed by atoms with van der Waals surface area (Å²) in [5, 5.41) is 11.1. The number of aliphatic hydroxyl groups excluding tert-OH is 1. The van der Waals surface area contributed by atoms with Gasteiger partial charge in [0.25, 0.3) is 0 Å². The number of epoxide rings is 2. The molecule has 3 N–H and O–H groups in total. The Morgan fingerprint density at radius 3 is 1.19 bits per heavy atom. The Balaban J connectivity index is 0.741. The number of ether oxygens (including phenoxy) is 6. The van der Waals surface area contributed by atoms with Crippen molar-refractivity contribution in [1.82, 2.24) is 9.97 Å². The molecule has 2 aliphatic heterocycles. The van der Waals surface area contributed by atoms with Gasteiger partial charge in [-0.15, -0.1) is 0 Å². The lowest BCUT2D eigenvalue weighted by Gasteiger charge is -2.33. The highest BCUT2D eigenvalue weighted by molar-refractivity contribution is 5.68. The number of H-pyrrole nitrogens is 2. The number of hydrogen-bond acceptors (Lipinski definition) is 7. The maximum absolute atomic E-state index is 11.1. The molecular formula is C59H54N2O7. The summed E-state index contributed by atoms with van der Waals surface area (Å²) < 4.78 is 35.2. The second kappa shape index (κ2) is 17.9. The number of aromatic nitrogens is 2. The van der Waals surface area contributed by atoms with Gasteiger partial charge in [0.15, 0.2) is 0 Å². The van der Waals surface area contributed by atoms with Crippen LogP contribution in [0.1, 0.15) is 57.3 Å². The molecule has 342 valence electrons. The number of aromatic amines is 2. The Kier molecular flexibility index (Phi) is 11.1. The molecule has 4 unspecified atom stereocenters. The molecular weight excluding hydrogens is 849 g/mol. The van der Waals surface area contributed by atoms with Gasteiger partial charge in [0, 0.05) is 34.6 Å². The first-order valence-electron chi connectivity index (χ1n) is 23.9. The lowest BCUT2D eigenvalue weighted by Crippen LogP contribution is -2.27. The van der Waals surface area contributed by atoms with Crippen molar-refractivity contribution in [2.45, 2.75) is 54.8 Å². The summed E-state index contributed by atoms with van der Waals surface area (Å²) in [6.45, 7) is 2.85. The summed E-state index contributed by atoms with van der Waals surface area (Å²) in [6, 6.07) is 55.9. The molecule has 2 aromatic heterocycles. The average molecular weight is 903 g/mol. The van der Waals surface area contributed by atoms with E-state index in [1.807, 2.05) is 48.8 Å². The van der Waals surface area contributed by atoms with Crippen LogP contribution < -0.4 is 18.9 Å². The molecule has 68 heavy (non-hydrogen) atoms. The molecule has 0 bridgehead atoms. The third-order valence-corrected chi connectivity index (χ3v) is 14.4. The third-order valence-electron chi connectivity index (χ3n) is 14.4. The second-order valence-corrected chi connectivity index (χ2v) is 18.6. The highest BCUT2D eigenvalue weighted by Crippen LogP contribution is 2.52. The molecule has 4 heterocycles. The van der Waals surface area contributed by atoms with Crippen LogP contribution >= 0.6 is 0 Å². The van der Waals surface area contributed by atoms with E-state index < -0.39 is 6.10 Å². The van der Waals surface area contributed by atoms with E-state index in [0.717, 1.165) is 72.9 Å². The Hall–Kier alpha value is -7.04. The van der Waals surface area contributed by atoms with E-state index in [-0.39, 0.29) is 36.3 Å². The molecule has 9 heteroatoms. The van der Waals surface area contributed by atoms with Crippen molar-refractivity contribution in [3.63, 3.8) is 0 Å². The van der Waals surface area contributed by atoms with Gasteiger partial charge in [-0.3, -0.25) is 0 Å². The van der Waals surface area contributed by atoms with Crippen molar-refractivity contribution < 1.29 is 33.5 Å². The lowest BCUT2D eigenvalue weighted by molar-refractivity contribution is 0.0626. The molecule has 0 saturated carbocycles. The number of nitrogens with one attached hydrogen (secondary N) is 2. The first kappa shape index (κ1) is 42.3. The van der Waals surface area contributed by atoms with E-state index in [9.17, 15) is 5.11 Å². The normalized spacial score (nSPS) is 21.4. The highest BCUT2D eigenvalue weighted by Gasteiger charge is 2.44. The van der Waals surface area contributed by atoms with Crippen LogP contribution in [0.15, 0.2) is 170 Å². The second-order valence-electron chi connectivity index (χ2n) is 18.6. The molecule has 8 aromatic rings. The Morgan fingerprint density at radius 1 is 0.485 bits per heavy atom. The third kappa shape index (κ3) is 8.25. The summed E-state index contributed by atoms with van der Waals surface area (Å²) in [5.41, 5.74) is 13.9. The summed E-state index contributed by atoms with van der Waals surface area (Å²) in [7, 11) is 0.